The van der Waals surface area contributed by atoms with Crippen LogP contribution >= 0.6 is 0 Å². The van der Waals surface area contributed by atoms with Crippen LogP contribution in [0.2, 0.25) is 0 Å². The van der Waals surface area contributed by atoms with Gasteiger partial charge in [0.15, 0.2) is 0 Å². The summed E-state index contributed by atoms with van der Waals surface area (Å²) in [6.45, 7) is 13.9. The van der Waals surface area contributed by atoms with Gasteiger partial charge in [0, 0.05) is 6.54 Å². The molecule has 0 aromatic heterocycles. The maximum Gasteiger partial charge on any atom is 0.00111 e. The molecule has 1 N–H and O–H groups in total. The summed E-state index contributed by atoms with van der Waals surface area (Å²) >= 11 is 0. The molecule has 1 aromatic carbocycles. The first-order chi connectivity index (χ1) is 9.90. The lowest BCUT2D eigenvalue weighted by atomic mass is 9.78. The Bertz CT molecular complexity index is 428. The molecular formula is C20H33N. The molecule has 0 aliphatic heterocycles. The Morgan fingerprint density at radius 3 is 2.19 bits per heavy atom. The predicted octanol–water partition coefficient (Wildman–Crippen LogP) is 5.01. The number of benzene rings is 1. The number of rotatable bonds is 8. The van der Waals surface area contributed by atoms with Gasteiger partial charge in [0.25, 0.3) is 0 Å². The zero-order valence-electron chi connectivity index (χ0n) is 14.6. The van der Waals surface area contributed by atoms with E-state index in [1.165, 1.54) is 30.4 Å². The van der Waals surface area contributed by atoms with E-state index in [1.807, 2.05) is 0 Å². The smallest absolute Gasteiger partial charge is 0.00111 e. The lowest BCUT2D eigenvalue weighted by Gasteiger charge is -2.31. The molecule has 1 heteroatoms. The van der Waals surface area contributed by atoms with Crippen molar-refractivity contribution in [3.05, 3.63) is 35.4 Å². The normalized spacial score (nSPS) is 18.2. The molecule has 0 saturated heterocycles. The van der Waals surface area contributed by atoms with Gasteiger partial charge in [-0.05, 0) is 60.1 Å². The maximum atomic E-state index is 3.70. The van der Waals surface area contributed by atoms with Gasteiger partial charge < -0.3 is 5.32 Å². The zero-order valence-corrected chi connectivity index (χ0v) is 14.6. The fourth-order valence-corrected chi connectivity index (χ4v) is 3.26. The van der Waals surface area contributed by atoms with Crippen molar-refractivity contribution in [1.82, 2.24) is 5.32 Å². The van der Waals surface area contributed by atoms with Crippen molar-refractivity contribution in [2.45, 2.75) is 59.8 Å². The van der Waals surface area contributed by atoms with Gasteiger partial charge in [-0.1, -0.05) is 58.9 Å². The highest BCUT2D eigenvalue weighted by Gasteiger charge is 2.40. The minimum atomic E-state index is 0.425. The van der Waals surface area contributed by atoms with Crippen LogP contribution in [0.3, 0.4) is 0 Å². The maximum absolute atomic E-state index is 3.70. The second-order valence-corrected chi connectivity index (χ2v) is 8.03. The van der Waals surface area contributed by atoms with E-state index < -0.39 is 0 Å². The Morgan fingerprint density at radius 1 is 1.10 bits per heavy atom. The Hall–Kier alpha value is -0.820. The summed E-state index contributed by atoms with van der Waals surface area (Å²) in [5, 5.41) is 3.70. The van der Waals surface area contributed by atoms with Crippen LogP contribution in [0.4, 0.5) is 0 Å². The highest BCUT2D eigenvalue weighted by atomic mass is 14.9. The second kappa shape index (κ2) is 6.96. The van der Waals surface area contributed by atoms with Gasteiger partial charge in [0.05, 0.1) is 0 Å². The molecule has 1 nitrogen and oxygen atoms in total. The lowest BCUT2D eigenvalue weighted by molar-refractivity contribution is 0.252. The third kappa shape index (κ3) is 4.85. The molecule has 21 heavy (non-hydrogen) atoms. The van der Waals surface area contributed by atoms with Crippen molar-refractivity contribution >= 4 is 0 Å². The Morgan fingerprint density at radius 2 is 1.71 bits per heavy atom. The average molecular weight is 287 g/mol. The first-order valence-electron chi connectivity index (χ1n) is 8.70. The minimum Gasteiger partial charge on any atom is -0.316 e. The van der Waals surface area contributed by atoms with Crippen LogP contribution in [0, 0.1) is 17.3 Å². The van der Waals surface area contributed by atoms with E-state index in [4.69, 9.17) is 0 Å². The number of hydrogen-bond acceptors (Lipinski definition) is 1. The molecule has 1 unspecified atom stereocenters. The van der Waals surface area contributed by atoms with Crippen molar-refractivity contribution in [3.63, 3.8) is 0 Å². The van der Waals surface area contributed by atoms with Crippen molar-refractivity contribution in [2.24, 2.45) is 17.3 Å². The molecule has 0 spiro atoms. The average Bonchev–Trinajstić information content (AvgIpc) is 3.23. The number of nitrogens with one attached hydrogen (secondary N) is 1. The molecule has 1 aliphatic rings. The van der Waals surface area contributed by atoms with Gasteiger partial charge in [-0.2, -0.15) is 0 Å². The Labute approximate surface area is 131 Å². The molecule has 1 saturated carbocycles. The van der Waals surface area contributed by atoms with Crippen molar-refractivity contribution in [3.8, 4) is 0 Å². The van der Waals surface area contributed by atoms with Crippen LogP contribution in [0.1, 0.15) is 64.5 Å². The summed E-state index contributed by atoms with van der Waals surface area (Å²) in [4.78, 5) is 0. The molecule has 118 valence electrons. The van der Waals surface area contributed by atoms with Gasteiger partial charge in [-0.3, -0.25) is 0 Å². The van der Waals surface area contributed by atoms with E-state index in [2.05, 4.69) is 64.2 Å². The molecule has 1 fully saturated rings. The fraction of sp³-hybridized carbons (Fsp3) is 0.700. The third-order valence-electron chi connectivity index (χ3n) is 4.90. The van der Waals surface area contributed by atoms with Gasteiger partial charge in [-0.15, -0.1) is 0 Å². The van der Waals surface area contributed by atoms with Crippen molar-refractivity contribution in [1.29, 1.82) is 0 Å². The molecule has 1 atom stereocenters. The molecule has 0 heterocycles. The molecule has 0 bridgehead atoms. The number of hydrogen-bond donors (Lipinski definition) is 1. The highest BCUT2D eigenvalue weighted by Crippen LogP contribution is 2.47. The van der Waals surface area contributed by atoms with Crippen LogP contribution in [0.25, 0.3) is 0 Å². The highest BCUT2D eigenvalue weighted by molar-refractivity contribution is 5.26. The van der Waals surface area contributed by atoms with Gasteiger partial charge in [0.2, 0.25) is 0 Å². The van der Waals surface area contributed by atoms with E-state index in [9.17, 15) is 0 Å². The Kier molecular flexibility index (Phi) is 5.48. The molecular weight excluding hydrogens is 254 g/mol. The van der Waals surface area contributed by atoms with Gasteiger partial charge in [-0.25, -0.2) is 0 Å². The lowest BCUT2D eigenvalue weighted by Crippen LogP contribution is -2.37. The monoisotopic (exact) mass is 287 g/mol. The fourth-order valence-electron chi connectivity index (χ4n) is 3.26. The molecule has 0 amide bonds. The van der Waals surface area contributed by atoms with Crippen molar-refractivity contribution in [2.75, 3.05) is 13.1 Å². The van der Waals surface area contributed by atoms with Crippen LogP contribution in [-0.2, 0) is 6.42 Å². The molecule has 1 aromatic rings. The second-order valence-electron chi connectivity index (χ2n) is 8.03. The minimum absolute atomic E-state index is 0.425. The van der Waals surface area contributed by atoms with Gasteiger partial charge >= 0.3 is 0 Å². The zero-order chi connectivity index (χ0) is 15.5. The quantitative estimate of drug-likeness (QED) is 0.708. The summed E-state index contributed by atoms with van der Waals surface area (Å²) in [6.07, 6.45) is 4.05. The van der Waals surface area contributed by atoms with E-state index in [1.54, 1.807) is 0 Å². The first-order valence-corrected chi connectivity index (χ1v) is 8.70. The van der Waals surface area contributed by atoms with Crippen molar-refractivity contribution < 1.29 is 0 Å². The summed E-state index contributed by atoms with van der Waals surface area (Å²) in [5.41, 5.74) is 3.37. The third-order valence-corrected chi connectivity index (χ3v) is 4.90. The summed E-state index contributed by atoms with van der Waals surface area (Å²) in [6, 6.07) is 9.32. The van der Waals surface area contributed by atoms with E-state index >= 15 is 0 Å². The topological polar surface area (TPSA) is 12.0 Å². The molecule has 2 rings (SSSR count). The largest absolute Gasteiger partial charge is 0.316 e. The standard InChI is InChI=1S/C20H33N/c1-15(2)13-21-14-20(5,19-10-11-19)12-17-6-8-18(9-7-17)16(3)4/h6-9,15-16,19,21H,10-14H2,1-5H3. The summed E-state index contributed by atoms with van der Waals surface area (Å²) in [5.74, 6) is 2.28. The summed E-state index contributed by atoms with van der Waals surface area (Å²) in [7, 11) is 0. The molecule has 0 radical (unpaired) electrons. The SMILES string of the molecule is CC(C)CNCC(C)(Cc1ccc(C(C)C)cc1)C1CC1. The van der Waals surface area contributed by atoms with Crippen LogP contribution < -0.4 is 5.32 Å². The summed E-state index contributed by atoms with van der Waals surface area (Å²) < 4.78 is 0. The van der Waals surface area contributed by atoms with Crippen LogP contribution in [0.15, 0.2) is 24.3 Å². The predicted molar refractivity (Wildman–Crippen MR) is 92.8 cm³/mol. The van der Waals surface area contributed by atoms with Crippen LogP contribution in [-0.4, -0.2) is 13.1 Å². The van der Waals surface area contributed by atoms with E-state index in [0.717, 1.165) is 24.9 Å². The van der Waals surface area contributed by atoms with E-state index in [-0.39, 0.29) is 0 Å². The van der Waals surface area contributed by atoms with E-state index in [0.29, 0.717) is 11.3 Å². The first kappa shape index (κ1) is 16.5. The molecule has 1 aliphatic carbocycles. The Balaban J connectivity index is 1.98. The van der Waals surface area contributed by atoms with Gasteiger partial charge in [0.1, 0.15) is 0 Å². The van der Waals surface area contributed by atoms with Crippen LogP contribution in [0.5, 0.6) is 0 Å².